The van der Waals surface area contributed by atoms with Crippen LogP contribution in [0.5, 0.6) is 0 Å². The van der Waals surface area contributed by atoms with E-state index in [-0.39, 0.29) is 35.7 Å². The van der Waals surface area contributed by atoms with Crippen LogP contribution in [0, 0.1) is 23.2 Å². The fraction of sp³-hybridized carbons (Fsp3) is 0.375. The highest BCUT2D eigenvalue weighted by Crippen LogP contribution is 2.45. The lowest BCUT2D eigenvalue weighted by Crippen LogP contribution is -2.39. The number of carbonyl (C=O) groups excluding carboxylic acids is 2. The SMILES string of the molecule is CC(C)CC1NC(c2ccc(C(=N)N)cc2)C2C(=O)N(Cc3ccccc3)C(=O)C12. The quantitative estimate of drug-likeness (QED) is 0.392. The molecule has 2 amide bonds. The number of rotatable bonds is 6. The molecule has 2 heterocycles. The van der Waals surface area contributed by atoms with Crippen LogP contribution in [0.15, 0.2) is 54.6 Å². The molecule has 0 aliphatic carbocycles. The predicted octanol–water partition coefficient (Wildman–Crippen LogP) is 2.83. The van der Waals surface area contributed by atoms with Crippen molar-refractivity contribution < 1.29 is 9.59 Å². The van der Waals surface area contributed by atoms with Crippen LogP contribution < -0.4 is 11.1 Å². The highest BCUT2D eigenvalue weighted by Gasteiger charge is 2.58. The molecule has 2 fully saturated rings. The summed E-state index contributed by atoms with van der Waals surface area (Å²) in [5.74, 6) is -0.511. The molecule has 2 aliphatic rings. The number of nitrogens with two attached hydrogens (primary N) is 1. The lowest BCUT2D eigenvalue weighted by Gasteiger charge is -2.23. The van der Waals surface area contributed by atoms with Crippen molar-refractivity contribution >= 4 is 17.6 Å². The normalized spacial score (nSPS) is 25.8. The lowest BCUT2D eigenvalue weighted by molar-refractivity contribution is -0.141. The van der Waals surface area contributed by atoms with Gasteiger partial charge in [0.1, 0.15) is 5.84 Å². The number of nitrogens with zero attached hydrogens (tertiary/aromatic N) is 1. The zero-order valence-corrected chi connectivity index (χ0v) is 17.3. The average molecular weight is 405 g/mol. The molecular weight excluding hydrogens is 376 g/mol. The van der Waals surface area contributed by atoms with E-state index in [4.69, 9.17) is 11.1 Å². The average Bonchev–Trinajstić information content (AvgIpc) is 3.20. The summed E-state index contributed by atoms with van der Waals surface area (Å²) in [5, 5.41) is 11.2. The maximum atomic E-state index is 13.4. The lowest BCUT2D eigenvalue weighted by atomic mass is 9.84. The predicted molar refractivity (Wildman–Crippen MR) is 116 cm³/mol. The first-order valence-electron chi connectivity index (χ1n) is 10.5. The Labute approximate surface area is 177 Å². The third-order valence-electron chi connectivity index (χ3n) is 6.17. The Kier molecular flexibility index (Phi) is 5.43. The zero-order valence-electron chi connectivity index (χ0n) is 17.3. The van der Waals surface area contributed by atoms with Crippen LogP contribution in [0.25, 0.3) is 0 Å². The van der Waals surface area contributed by atoms with Crippen molar-refractivity contribution in [2.24, 2.45) is 23.5 Å². The van der Waals surface area contributed by atoms with E-state index in [0.717, 1.165) is 17.5 Å². The Balaban J connectivity index is 1.65. The van der Waals surface area contributed by atoms with E-state index in [9.17, 15) is 9.59 Å². The summed E-state index contributed by atoms with van der Waals surface area (Å²) in [4.78, 5) is 28.2. The third kappa shape index (κ3) is 3.63. The molecule has 2 aromatic rings. The Hall–Kier alpha value is -2.99. The molecule has 0 saturated carbocycles. The molecule has 2 aliphatic heterocycles. The standard InChI is InChI=1S/C24H28N4O2/c1-14(2)12-18-19-20(21(27-18)16-8-10-17(11-9-16)22(25)26)24(30)28(23(19)29)13-15-6-4-3-5-7-15/h3-11,14,18-21,27H,12-13H2,1-2H3,(H3,25,26). The van der Waals surface area contributed by atoms with Gasteiger partial charge in [-0.15, -0.1) is 0 Å². The van der Waals surface area contributed by atoms with Crippen molar-refractivity contribution in [1.82, 2.24) is 10.2 Å². The summed E-state index contributed by atoms with van der Waals surface area (Å²) in [7, 11) is 0. The number of carbonyl (C=O) groups is 2. The van der Waals surface area contributed by atoms with Crippen LogP contribution in [0.4, 0.5) is 0 Å². The Morgan fingerprint density at radius 1 is 1.03 bits per heavy atom. The molecule has 0 aromatic heterocycles. The molecule has 2 aromatic carbocycles. The summed E-state index contributed by atoms with van der Waals surface area (Å²) in [6, 6.07) is 16.8. The first kappa shape index (κ1) is 20.3. The van der Waals surface area contributed by atoms with Crippen molar-refractivity contribution in [3.63, 3.8) is 0 Å². The molecule has 4 N–H and O–H groups in total. The second-order valence-corrected chi connectivity index (χ2v) is 8.72. The largest absolute Gasteiger partial charge is 0.384 e. The highest BCUT2D eigenvalue weighted by molar-refractivity contribution is 6.06. The second-order valence-electron chi connectivity index (χ2n) is 8.72. The number of likely N-dealkylation sites (tertiary alicyclic amines) is 1. The number of imide groups is 1. The van der Waals surface area contributed by atoms with Crippen LogP contribution in [0.2, 0.25) is 0 Å². The summed E-state index contributed by atoms with van der Waals surface area (Å²) < 4.78 is 0. The number of fused-ring (bicyclic) bond motifs is 1. The fourth-order valence-corrected chi connectivity index (χ4v) is 4.80. The number of hydrogen-bond donors (Lipinski definition) is 3. The van der Waals surface area contributed by atoms with Crippen LogP contribution in [0.3, 0.4) is 0 Å². The van der Waals surface area contributed by atoms with Gasteiger partial charge in [-0.1, -0.05) is 68.4 Å². The van der Waals surface area contributed by atoms with Crippen molar-refractivity contribution in [3.8, 4) is 0 Å². The Morgan fingerprint density at radius 3 is 2.27 bits per heavy atom. The molecule has 4 rings (SSSR count). The number of hydrogen-bond acceptors (Lipinski definition) is 4. The molecule has 6 heteroatoms. The Bertz CT molecular complexity index is 955. The first-order valence-corrected chi connectivity index (χ1v) is 10.5. The summed E-state index contributed by atoms with van der Waals surface area (Å²) in [6.45, 7) is 4.58. The zero-order chi connectivity index (χ0) is 21.4. The van der Waals surface area contributed by atoms with Gasteiger partial charge in [0.2, 0.25) is 11.8 Å². The van der Waals surface area contributed by atoms with E-state index in [1.54, 1.807) is 12.1 Å². The van der Waals surface area contributed by atoms with Crippen LogP contribution in [0.1, 0.15) is 43.0 Å². The molecule has 4 atom stereocenters. The second kappa shape index (κ2) is 8.03. The third-order valence-corrected chi connectivity index (χ3v) is 6.17. The van der Waals surface area contributed by atoms with Gasteiger partial charge in [0.05, 0.1) is 18.4 Å². The maximum Gasteiger partial charge on any atom is 0.235 e. The van der Waals surface area contributed by atoms with E-state index in [1.165, 1.54) is 4.90 Å². The van der Waals surface area contributed by atoms with Gasteiger partial charge in [0.25, 0.3) is 0 Å². The smallest absolute Gasteiger partial charge is 0.235 e. The molecule has 6 nitrogen and oxygen atoms in total. The molecule has 2 saturated heterocycles. The molecule has 0 spiro atoms. The number of amidine groups is 1. The van der Waals surface area contributed by atoms with Gasteiger partial charge in [0, 0.05) is 17.6 Å². The minimum Gasteiger partial charge on any atom is -0.384 e. The van der Waals surface area contributed by atoms with Crippen molar-refractivity contribution in [2.45, 2.75) is 38.9 Å². The van der Waals surface area contributed by atoms with E-state index in [2.05, 4.69) is 19.2 Å². The summed E-state index contributed by atoms with van der Waals surface area (Å²) >= 11 is 0. The molecule has 0 radical (unpaired) electrons. The summed E-state index contributed by atoms with van der Waals surface area (Å²) in [6.07, 6.45) is 0.835. The van der Waals surface area contributed by atoms with Gasteiger partial charge in [-0.05, 0) is 23.5 Å². The minimum atomic E-state index is -0.409. The molecule has 156 valence electrons. The van der Waals surface area contributed by atoms with Gasteiger partial charge >= 0.3 is 0 Å². The number of amides is 2. The van der Waals surface area contributed by atoms with Gasteiger partial charge in [0.15, 0.2) is 0 Å². The van der Waals surface area contributed by atoms with E-state index < -0.39 is 5.92 Å². The van der Waals surface area contributed by atoms with E-state index in [0.29, 0.717) is 18.0 Å². The first-order chi connectivity index (χ1) is 14.4. The van der Waals surface area contributed by atoms with Crippen molar-refractivity contribution in [1.29, 1.82) is 5.41 Å². The van der Waals surface area contributed by atoms with E-state index >= 15 is 0 Å². The molecular formula is C24H28N4O2. The van der Waals surface area contributed by atoms with E-state index in [1.807, 2.05) is 42.5 Å². The molecule has 0 bridgehead atoms. The Morgan fingerprint density at radius 2 is 1.67 bits per heavy atom. The fourth-order valence-electron chi connectivity index (χ4n) is 4.80. The minimum absolute atomic E-state index is 0.0117. The summed E-state index contributed by atoms with van der Waals surface area (Å²) in [5.41, 5.74) is 8.12. The highest BCUT2D eigenvalue weighted by atomic mass is 16.2. The maximum absolute atomic E-state index is 13.4. The van der Waals surface area contributed by atoms with Gasteiger partial charge in [-0.25, -0.2) is 0 Å². The van der Waals surface area contributed by atoms with Gasteiger partial charge in [-0.3, -0.25) is 19.9 Å². The van der Waals surface area contributed by atoms with Crippen LogP contribution in [-0.2, 0) is 16.1 Å². The topological polar surface area (TPSA) is 99.3 Å². The monoisotopic (exact) mass is 404 g/mol. The van der Waals surface area contributed by atoms with Gasteiger partial charge < -0.3 is 11.1 Å². The van der Waals surface area contributed by atoms with Crippen LogP contribution in [-0.4, -0.2) is 28.6 Å². The van der Waals surface area contributed by atoms with Crippen LogP contribution >= 0.6 is 0 Å². The molecule has 4 unspecified atom stereocenters. The molecule has 30 heavy (non-hydrogen) atoms. The number of nitrogens with one attached hydrogen (secondary N) is 2. The number of nitrogen functional groups attached to an aromatic ring is 1. The van der Waals surface area contributed by atoms with Crippen molar-refractivity contribution in [2.75, 3.05) is 0 Å². The van der Waals surface area contributed by atoms with Gasteiger partial charge in [-0.2, -0.15) is 0 Å². The number of benzene rings is 2. The van der Waals surface area contributed by atoms with Crippen molar-refractivity contribution in [3.05, 3.63) is 71.3 Å².